The monoisotopic (exact) mass is 401 g/mol. The molecule has 1 aromatic heterocycles. The van der Waals surface area contributed by atoms with Crippen LogP contribution in [0.5, 0.6) is 5.75 Å². The molecule has 1 heterocycles. The molecule has 0 aliphatic carbocycles. The number of ether oxygens (including phenoxy) is 1. The number of carboxylic acids is 1. The van der Waals surface area contributed by atoms with Gasteiger partial charge >= 0.3 is 5.97 Å². The molecule has 0 aliphatic rings. The predicted molar refractivity (Wildman–Crippen MR) is 117 cm³/mol. The van der Waals surface area contributed by atoms with Crippen molar-refractivity contribution in [2.75, 3.05) is 0 Å². The zero-order valence-electron chi connectivity index (χ0n) is 15.6. The first-order valence-corrected chi connectivity index (χ1v) is 10.0. The first kappa shape index (κ1) is 18.9. The number of aromatic nitrogens is 1. The van der Waals surface area contributed by atoms with Crippen LogP contribution in [0.15, 0.2) is 78.9 Å². The molecule has 0 saturated heterocycles. The molecule has 0 aliphatic heterocycles. The van der Waals surface area contributed by atoms with Gasteiger partial charge in [0.25, 0.3) is 0 Å². The van der Waals surface area contributed by atoms with E-state index in [2.05, 4.69) is 4.98 Å². The average molecular weight is 401 g/mol. The van der Waals surface area contributed by atoms with Crippen LogP contribution in [0, 0.1) is 0 Å². The lowest BCUT2D eigenvalue weighted by Crippen LogP contribution is -1.99. The fourth-order valence-electron chi connectivity index (χ4n) is 3.02. The molecule has 5 heteroatoms. The van der Waals surface area contributed by atoms with Crippen molar-refractivity contribution >= 4 is 39.2 Å². The molecule has 29 heavy (non-hydrogen) atoms. The van der Waals surface area contributed by atoms with E-state index in [0.29, 0.717) is 22.9 Å². The van der Waals surface area contributed by atoms with Gasteiger partial charge in [0.2, 0.25) is 0 Å². The van der Waals surface area contributed by atoms with Gasteiger partial charge in [0.1, 0.15) is 17.4 Å². The molecule has 4 aromatic rings. The van der Waals surface area contributed by atoms with Crippen LogP contribution in [0.2, 0.25) is 0 Å². The summed E-state index contributed by atoms with van der Waals surface area (Å²) in [7, 11) is 0. The summed E-state index contributed by atoms with van der Waals surface area (Å²) in [6.45, 7) is 0.446. The molecule has 0 spiro atoms. The summed E-state index contributed by atoms with van der Waals surface area (Å²) in [5, 5.41) is 10.1. The van der Waals surface area contributed by atoms with E-state index in [1.54, 1.807) is 0 Å². The zero-order chi connectivity index (χ0) is 20.1. The van der Waals surface area contributed by atoms with Crippen molar-refractivity contribution in [2.45, 2.75) is 13.0 Å². The van der Waals surface area contributed by atoms with E-state index in [1.807, 2.05) is 84.9 Å². The lowest BCUT2D eigenvalue weighted by molar-refractivity contribution is -0.135. The predicted octanol–water partition coefficient (Wildman–Crippen LogP) is 5.89. The van der Waals surface area contributed by atoms with Crippen LogP contribution in [0.4, 0.5) is 0 Å². The summed E-state index contributed by atoms with van der Waals surface area (Å²) in [5.41, 5.74) is 3.44. The minimum absolute atomic E-state index is 0.104. The van der Waals surface area contributed by atoms with Crippen molar-refractivity contribution in [2.24, 2.45) is 0 Å². The molecule has 1 N–H and O–H groups in total. The van der Waals surface area contributed by atoms with Crippen molar-refractivity contribution in [3.05, 3.63) is 95.0 Å². The Kier molecular flexibility index (Phi) is 5.68. The van der Waals surface area contributed by atoms with Gasteiger partial charge in [-0.1, -0.05) is 60.7 Å². The molecule has 0 atom stereocenters. The van der Waals surface area contributed by atoms with Gasteiger partial charge in [-0.3, -0.25) is 4.79 Å². The second kappa shape index (κ2) is 8.71. The maximum atomic E-state index is 11.5. The third-order valence-corrected chi connectivity index (χ3v) is 5.51. The van der Waals surface area contributed by atoms with E-state index in [4.69, 9.17) is 4.74 Å². The fraction of sp³-hybridized carbons (Fsp3) is 0.0833. The van der Waals surface area contributed by atoms with Crippen molar-refractivity contribution in [3.63, 3.8) is 0 Å². The number of carboxylic acid groups (broad SMARTS) is 1. The minimum atomic E-state index is -0.891. The minimum Gasteiger partial charge on any atom is -0.488 e. The summed E-state index contributed by atoms with van der Waals surface area (Å²) in [5.74, 6) is -0.182. The molecular formula is C24H19NO3S. The van der Waals surface area contributed by atoms with Gasteiger partial charge in [-0.15, -0.1) is 11.3 Å². The highest BCUT2D eigenvalue weighted by molar-refractivity contribution is 7.19. The number of hydrogen-bond donors (Lipinski definition) is 1. The fourth-order valence-corrected chi connectivity index (χ4v) is 3.99. The number of fused-ring (bicyclic) bond motifs is 1. The number of nitrogens with zero attached hydrogens (tertiary/aromatic N) is 1. The third kappa shape index (κ3) is 4.70. The maximum Gasteiger partial charge on any atom is 0.307 e. The summed E-state index contributed by atoms with van der Waals surface area (Å²) in [6, 6.07) is 25.4. The highest BCUT2D eigenvalue weighted by Gasteiger charge is 2.14. The molecule has 4 rings (SSSR count). The summed E-state index contributed by atoms with van der Waals surface area (Å²) >= 11 is 1.50. The number of benzene rings is 3. The molecule has 144 valence electrons. The number of hydrogen-bond acceptors (Lipinski definition) is 4. The highest BCUT2D eigenvalue weighted by Crippen LogP contribution is 2.32. The molecule has 0 unspecified atom stereocenters. The Hall–Kier alpha value is -3.44. The van der Waals surface area contributed by atoms with Crippen LogP contribution in [0.1, 0.15) is 22.6 Å². The number of carbonyl (C=O) groups is 1. The molecule has 3 aromatic carbocycles. The van der Waals surface area contributed by atoms with Crippen molar-refractivity contribution < 1.29 is 14.6 Å². The number of para-hydroxylation sites is 2. The van der Waals surface area contributed by atoms with Crippen molar-refractivity contribution in [3.8, 4) is 5.75 Å². The van der Waals surface area contributed by atoms with E-state index in [0.717, 1.165) is 21.3 Å². The summed E-state index contributed by atoms with van der Waals surface area (Å²) in [4.78, 5) is 16.1. The molecule has 0 amide bonds. The number of thiazole rings is 1. The van der Waals surface area contributed by atoms with E-state index in [1.165, 1.54) is 11.3 Å². The smallest absolute Gasteiger partial charge is 0.307 e. The van der Waals surface area contributed by atoms with Gasteiger partial charge in [-0.25, -0.2) is 4.98 Å². The first-order valence-electron chi connectivity index (χ1n) is 9.23. The van der Waals surface area contributed by atoms with E-state index >= 15 is 0 Å². The number of rotatable bonds is 7. The highest BCUT2D eigenvalue weighted by atomic mass is 32.1. The van der Waals surface area contributed by atoms with Gasteiger partial charge in [0.15, 0.2) is 0 Å². The molecule has 0 bridgehead atoms. The maximum absolute atomic E-state index is 11.5. The standard InChI is InChI=1S/C24H19NO3S/c26-23(27)15-19(24-25-20-11-5-7-13-22(20)29-24)14-18-10-4-6-12-21(18)28-16-17-8-2-1-3-9-17/h1-14H,15-16H2,(H,26,27)/b19-14-. The SMILES string of the molecule is O=C(O)C/C(=C/c1ccccc1OCc1ccccc1)c1nc2ccccc2s1. The Balaban J connectivity index is 1.68. The van der Waals surface area contributed by atoms with E-state index in [-0.39, 0.29) is 6.42 Å². The van der Waals surface area contributed by atoms with Crippen LogP contribution < -0.4 is 4.74 Å². The molecule has 4 nitrogen and oxygen atoms in total. The largest absolute Gasteiger partial charge is 0.488 e. The van der Waals surface area contributed by atoms with Gasteiger partial charge in [-0.05, 0) is 35.4 Å². The lowest BCUT2D eigenvalue weighted by atomic mass is 10.1. The average Bonchev–Trinajstić information content (AvgIpc) is 3.17. The summed E-state index contributed by atoms with van der Waals surface area (Å²) in [6.07, 6.45) is 1.76. The Bertz CT molecular complexity index is 1130. The normalized spacial score (nSPS) is 11.5. The van der Waals surface area contributed by atoms with Crippen molar-refractivity contribution in [1.29, 1.82) is 0 Å². The molecule has 0 radical (unpaired) electrons. The van der Waals surface area contributed by atoms with Gasteiger partial charge in [0, 0.05) is 5.56 Å². The van der Waals surface area contributed by atoms with Crippen LogP contribution in [0.3, 0.4) is 0 Å². The summed E-state index contributed by atoms with van der Waals surface area (Å²) < 4.78 is 7.05. The Morgan fingerprint density at radius 1 is 0.966 bits per heavy atom. The van der Waals surface area contributed by atoms with Crippen LogP contribution in [-0.4, -0.2) is 16.1 Å². The van der Waals surface area contributed by atoms with Crippen molar-refractivity contribution in [1.82, 2.24) is 4.98 Å². The topological polar surface area (TPSA) is 59.4 Å². The lowest BCUT2D eigenvalue weighted by Gasteiger charge is -2.10. The molecular weight excluding hydrogens is 382 g/mol. The first-order chi connectivity index (χ1) is 14.2. The Labute approximate surface area is 172 Å². The van der Waals surface area contributed by atoms with Gasteiger partial charge in [0.05, 0.1) is 16.6 Å². The van der Waals surface area contributed by atoms with E-state index in [9.17, 15) is 9.90 Å². The second-order valence-electron chi connectivity index (χ2n) is 6.54. The van der Waals surface area contributed by atoms with E-state index < -0.39 is 5.97 Å². The molecule has 0 fully saturated rings. The number of aliphatic carboxylic acids is 1. The van der Waals surface area contributed by atoms with Crippen LogP contribution in [0.25, 0.3) is 21.9 Å². The van der Waals surface area contributed by atoms with Crippen LogP contribution >= 0.6 is 11.3 Å². The zero-order valence-corrected chi connectivity index (χ0v) is 16.4. The Morgan fingerprint density at radius 2 is 1.69 bits per heavy atom. The third-order valence-electron chi connectivity index (χ3n) is 4.40. The quantitative estimate of drug-likeness (QED) is 0.419. The van der Waals surface area contributed by atoms with Gasteiger partial charge < -0.3 is 9.84 Å². The molecule has 0 saturated carbocycles. The Morgan fingerprint density at radius 3 is 2.48 bits per heavy atom. The second-order valence-corrected chi connectivity index (χ2v) is 7.57. The van der Waals surface area contributed by atoms with Gasteiger partial charge in [-0.2, -0.15) is 0 Å². The van der Waals surface area contributed by atoms with Crippen LogP contribution in [-0.2, 0) is 11.4 Å².